The summed E-state index contributed by atoms with van der Waals surface area (Å²) in [5.74, 6) is 0.170. The van der Waals surface area contributed by atoms with Crippen LogP contribution in [-0.4, -0.2) is 35.8 Å². The zero-order valence-corrected chi connectivity index (χ0v) is 10.1. The second-order valence-electron chi connectivity index (χ2n) is 4.46. The summed E-state index contributed by atoms with van der Waals surface area (Å²) in [6.45, 7) is 4.06. The highest BCUT2D eigenvalue weighted by Gasteiger charge is 2.22. The fourth-order valence-electron chi connectivity index (χ4n) is 2.29. The number of rotatable bonds is 1. The molecule has 4 nitrogen and oxygen atoms in total. The van der Waals surface area contributed by atoms with E-state index >= 15 is 0 Å². The molecule has 94 valence electrons. The van der Waals surface area contributed by atoms with Crippen molar-refractivity contribution in [3.05, 3.63) is 30.3 Å². The zero-order valence-electron chi connectivity index (χ0n) is 10.1. The van der Waals surface area contributed by atoms with Gasteiger partial charge in [0.2, 0.25) is 5.95 Å². The molecule has 1 fully saturated rings. The molecule has 1 aliphatic rings. The highest BCUT2D eigenvalue weighted by atomic mass is 19.1. The third-order valence-corrected chi connectivity index (χ3v) is 3.19. The molecule has 0 amide bonds. The number of anilines is 1. The lowest BCUT2D eigenvalue weighted by Gasteiger charge is -2.34. The third kappa shape index (κ3) is 1.90. The molecular formula is C13H14FN3O. The molecule has 3 heterocycles. The van der Waals surface area contributed by atoms with Crippen molar-refractivity contribution in [3.63, 3.8) is 0 Å². The van der Waals surface area contributed by atoms with Crippen molar-refractivity contribution in [1.82, 2.24) is 9.97 Å². The van der Waals surface area contributed by atoms with Crippen LogP contribution in [0.4, 0.5) is 10.2 Å². The molecule has 0 unspecified atom stereocenters. The van der Waals surface area contributed by atoms with Gasteiger partial charge in [0, 0.05) is 24.2 Å². The fraction of sp³-hybridized carbons (Fsp3) is 0.385. The number of halogens is 1. The summed E-state index contributed by atoms with van der Waals surface area (Å²) in [5, 5.41) is 0.882. The second-order valence-corrected chi connectivity index (χ2v) is 4.46. The molecule has 0 N–H and O–H groups in total. The number of hydrogen-bond donors (Lipinski definition) is 0. The first-order valence-corrected chi connectivity index (χ1v) is 6.01. The predicted molar refractivity (Wildman–Crippen MR) is 67.1 cm³/mol. The molecule has 0 bridgehead atoms. The summed E-state index contributed by atoms with van der Waals surface area (Å²) in [6.07, 6.45) is 1.66. The largest absolute Gasteiger partial charge is 0.377 e. The summed E-state index contributed by atoms with van der Waals surface area (Å²) in [6, 6.07) is 5.32. The first-order chi connectivity index (χ1) is 8.75. The van der Waals surface area contributed by atoms with E-state index in [1.807, 2.05) is 19.1 Å². The molecule has 2 aromatic heterocycles. The van der Waals surface area contributed by atoms with E-state index < -0.39 is 5.95 Å². The Kier molecular flexibility index (Phi) is 2.83. The van der Waals surface area contributed by atoms with Gasteiger partial charge in [-0.25, -0.2) is 4.98 Å². The Morgan fingerprint density at radius 3 is 3.22 bits per heavy atom. The van der Waals surface area contributed by atoms with Gasteiger partial charge in [0.15, 0.2) is 0 Å². The van der Waals surface area contributed by atoms with Crippen LogP contribution in [0.15, 0.2) is 24.4 Å². The predicted octanol–water partition coefficient (Wildman–Crippen LogP) is 1.99. The van der Waals surface area contributed by atoms with Gasteiger partial charge in [-0.1, -0.05) is 0 Å². The molecule has 0 saturated carbocycles. The van der Waals surface area contributed by atoms with Crippen molar-refractivity contribution in [3.8, 4) is 0 Å². The molecule has 18 heavy (non-hydrogen) atoms. The van der Waals surface area contributed by atoms with Gasteiger partial charge < -0.3 is 9.64 Å². The van der Waals surface area contributed by atoms with E-state index in [9.17, 15) is 4.39 Å². The van der Waals surface area contributed by atoms with E-state index in [1.165, 1.54) is 6.07 Å². The van der Waals surface area contributed by atoms with Gasteiger partial charge in [-0.3, -0.25) is 4.98 Å². The standard InChI is InChI=1S/C13H14FN3O/c1-9-8-18-6-5-17(9)13-10-3-2-4-15-11(10)7-12(14)16-13/h2-4,7,9H,5-6,8H2,1H3/t9-/m1/s1. The number of fused-ring (bicyclic) bond motifs is 1. The smallest absolute Gasteiger partial charge is 0.216 e. The molecule has 1 saturated heterocycles. The van der Waals surface area contributed by atoms with Crippen LogP contribution < -0.4 is 4.90 Å². The normalized spacial score (nSPS) is 20.3. The van der Waals surface area contributed by atoms with Crippen LogP contribution in [0.3, 0.4) is 0 Å². The van der Waals surface area contributed by atoms with Crippen molar-refractivity contribution < 1.29 is 9.13 Å². The quantitative estimate of drug-likeness (QED) is 0.722. The van der Waals surface area contributed by atoms with Crippen molar-refractivity contribution in [2.24, 2.45) is 0 Å². The molecule has 0 radical (unpaired) electrons. The van der Waals surface area contributed by atoms with Crippen LogP contribution >= 0.6 is 0 Å². The number of aromatic nitrogens is 2. The fourth-order valence-corrected chi connectivity index (χ4v) is 2.29. The van der Waals surface area contributed by atoms with Crippen LogP contribution in [0.1, 0.15) is 6.92 Å². The Balaban J connectivity index is 2.15. The molecule has 5 heteroatoms. The number of ether oxygens (including phenoxy) is 1. The van der Waals surface area contributed by atoms with Gasteiger partial charge in [-0.05, 0) is 19.1 Å². The van der Waals surface area contributed by atoms with Crippen LogP contribution in [0.5, 0.6) is 0 Å². The molecule has 0 aliphatic carbocycles. The van der Waals surface area contributed by atoms with Crippen molar-refractivity contribution in [2.45, 2.75) is 13.0 Å². The number of pyridine rings is 2. The van der Waals surface area contributed by atoms with Gasteiger partial charge >= 0.3 is 0 Å². The van der Waals surface area contributed by atoms with E-state index in [0.717, 1.165) is 11.9 Å². The average Bonchev–Trinajstić information content (AvgIpc) is 2.38. The van der Waals surface area contributed by atoms with Gasteiger partial charge in [0.1, 0.15) is 5.82 Å². The van der Waals surface area contributed by atoms with Crippen LogP contribution in [0, 0.1) is 5.95 Å². The topological polar surface area (TPSA) is 38.2 Å². The van der Waals surface area contributed by atoms with Crippen LogP contribution in [-0.2, 0) is 4.74 Å². The van der Waals surface area contributed by atoms with E-state index in [-0.39, 0.29) is 6.04 Å². The molecule has 2 aromatic rings. The zero-order chi connectivity index (χ0) is 12.5. The van der Waals surface area contributed by atoms with Gasteiger partial charge in [-0.2, -0.15) is 4.39 Å². The number of hydrogen-bond acceptors (Lipinski definition) is 4. The van der Waals surface area contributed by atoms with E-state index in [0.29, 0.717) is 24.5 Å². The molecule has 1 atom stereocenters. The van der Waals surface area contributed by atoms with Gasteiger partial charge in [-0.15, -0.1) is 0 Å². The first-order valence-electron chi connectivity index (χ1n) is 6.01. The van der Waals surface area contributed by atoms with E-state index in [4.69, 9.17) is 4.74 Å². The number of nitrogens with zero attached hydrogens (tertiary/aromatic N) is 3. The van der Waals surface area contributed by atoms with Crippen molar-refractivity contribution in [2.75, 3.05) is 24.7 Å². The summed E-state index contributed by atoms with van der Waals surface area (Å²) in [5.41, 5.74) is 0.638. The molecule has 0 spiro atoms. The van der Waals surface area contributed by atoms with E-state index in [2.05, 4.69) is 14.9 Å². The third-order valence-electron chi connectivity index (χ3n) is 3.19. The van der Waals surface area contributed by atoms with Crippen molar-refractivity contribution >= 4 is 16.7 Å². The lowest BCUT2D eigenvalue weighted by Crippen LogP contribution is -2.44. The summed E-state index contributed by atoms with van der Waals surface area (Å²) >= 11 is 0. The Morgan fingerprint density at radius 2 is 2.39 bits per heavy atom. The first kappa shape index (κ1) is 11.3. The molecule has 0 aromatic carbocycles. The highest BCUT2D eigenvalue weighted by molar-refractivity contribution is 5.89. The minimum Gasteiger partial charge on any atom is -0.377 e. The summed E-state index contributed by atoms with van der Waals surface area (Å²) in [7, 11) is 0. The molecular weight excluding hydrogens is 233 g/mol. The Bertz CT molecular complexity index is 575. The maximum atomic E-state index is 13.6. The number of morpholine rings is 1. The SMILES string of the molecule is C[C@@H]1COCCN1c1nc(F)cc2ncccc12. The van der Waals surface area contributed by atoms with E-state index in [1.54, 1.807) is 6.20 Å². The minimum atomic E-state index is -0.491. The Labute approximate surface area is 104 Å². The Morgan fingerprint density at radius 1 is 1.50 bits per heavy atom. The maximum absolute atomic E-state index is 13.6. The second kappa shape index (κ2) is 4.49. The molecule has 1 aliphatic heterocycles. The minimum absolute atomic E-state index is 0.191. The highest BCUT2D eigenvalue weighted by Crippen LogP contribution is 2.26. The summed E-state index contributed by atoms with van der Waals surface area (Å²) < 4.78 is 19.0. The lowest BCUT2D eigenvalue weighted by molar-refractivity contribution is 0.0986. The van der Waals surface area contributed by atoms with Gasteiger partial charge in [0.25, 0.3) is 0 Å². The van der Waals surface area contributed by atoms with Gasteiger partial charge in [0.05, 0.1) is 24.8 Å². The average molecular weight is 247 g/mol. The van der Waals surface area contributed by atoms with Crippen LogP contribution in [0.2, 0.25) is 0 Å². The monoisotopic (exact) mass is 247 g/mol. The summed E-state index contributed by atoms with van der Waals surface area (Å²) in [4.78, 5) is 10.3. The Hall–Kier alpha value is -1.75. The molecule has 3 rings (SSSR count). The van der Waals surface area contributed by atoms with Crippen LogP contribution in [0.25, 0.3) is 10.9 Å². The lowest BCUT2D eigenvalue weighted by atomic mass is 10.2. The maximum Gasteiger partial charge on any atom is 0.216 e. The van der Waals surface area contributed by atoms with Crippen molar-refractivity contribution in [1.29, 1.82) is 0 Å².